The van der Waals surface area contributed by atoms with Crippen LogP contribution in [0.15, 0.2) is 29.3 Å². The number of sulfonamides is 1. The first-order valence-electron chi connectivity index (χ1n) is 9.65. The molecule has 1 fully saturated rings. The first kappa shape index (κ1) is 25.6. The fourth-order valence-electron chi connectivity index (χ4n) is 2.99. The molecule has 1 aromatic rings. The van der Waals surface area contributed by atoms with Crippen LogP contribution in [0.25, 0.3) is 0 Å². The molecular formula is C19H32IN5O3S. The lowest BCUT2D eigenvalue weighted by Crippen LogP contribution is -2.38. The van der Waals surface area contributed by atoms with Gasteiger partial charge in [0.05, 0.1) is 5.75 Å². The van der Waals surface area contributed by atoms with E-state index in [1.807, 2.05) is 29.2 Å². The number of hydrogen-bond acceptors (Lipinski definition) is 4. The van der Waals surface area contributed by atoms with Crippen LogP contribution in [0.2, 0.25) is 0 Å². The van der Waals surface area contributed by atoms with E-state index in [-0.39, 0.29) is 35.6 Å². The van der Waals surface area contributed by atoms with Gasteiger partial charge in [-0.05, 0) is 37.5 Å². The van der Waals surface area contributed by atoms with Crippen molar-refractivity contribution in [1.29, 1.82) is 0 Å². The summed E-state index contributed by atoms with van der Waals surface area (Å²) in [6.07, 6.45) is 2.24. The smallest absolute Gasteiger partial charge is 0.227 e. The number of anilines is 1. The molecule has 10 heteroatoms. The number of amides is 1. The van der Waals surface area contributed by atoms with Crippen molar-refractivity contribution in [3.8, 4) is 0 Å². The topological polar surface area (TPSA) is 94.1 Å². The van der Waals surface area contributed by atoms with Gasteiger partial charge in [0.25, 0.3) is 0 Å². The predicted octanol–water partition coefficient (Wildman–Crippen LogP) is 1.77. The lowest BCUT2D eigenvalue weighted by molar-refractivity contribution is -0.117. The fraction of sp³-hybridized carbons (Fsp3) is 0.579. The zero-order valence-electron chi connectivity index (χ0n) is 17.3. The Kier molecular flexibility index (Phi) is 10.9. The van der Waals surface area contributed by atoms with Crippen molar-refractivity contribution in [3.63, 3.8) is 0 Å². The number of carbonyl (C=O) groups excluding carboxylic acids is 1. The van der Waals surface area contributed by atoms with Crippen LogP contribution in [-0.4, -0.2) is 64.1 Å². The van der Waals surface area contributed by atoms with E-state index in [4.69, 9.17) is 0 Å². The molecule has 29 heavy (non-hydrogen) atoms. The molecule has 1 heterocycles. The minimum atomic E-state index is -3.13. The average molecular weight is 537 g/mol. The predicted molar refractivity (Wildman–Crippen MR) is 128 cm³/mol. The lowest BCUT2D eigenvalue weighted by Gasteiger charge is -2.17. The molecule has 0 radical (unpaired) electrons. The van der Waals surface area contributed by atoms with Gasteiger partial charge >= 0.3 is 0 Å². The van der Waals surface area contributed by atoms with Gasteiger partial charge in [0.1, 0.15) is 0 Å². The van der Waals surface area contributed by atoms with E-state index in [1.54, 1.807) is 21.0 Å². The van der Waals surface area contributed by atoms with Crippen LogP contribution in [0.5, 0.6) is 0 Å². The van der Waals surface area contributed by atoms with Crippen LogP contribution in [0.3, 0.4) is 0 Å². The first-order valence-corrected chi connectivity index (χ1v) is 11.3. The zero-order chi connectivity index (χ0) is 20.6. The van der Waals surface area contributed by atoms with E-state index < -0.39 is 10.0 Å². The largest absolute Gasteiger partial charge is 0.356 e. The monoisotopic (exact) mass is 537 g/mol. The highest BCUT2D eigenvalue weighted by atomic mass is 127. The molecule has 0 spiro atoms. The van der Waals surface area contributed by atoms with Crippen molar-refractivity contribution in [2.24, 2.45) is 4.99 Å². The summed E-state index contributed by atoms with van der Waals surface area (Å²) in [5.41, 5.74) is 2.03. The Hall–Kier alpha value is -1.40. The van der Waals surface area contributed by atoms with E-state index in [9.17, 15) is 13.2 Å². The summed E-state index contributed by atoms with van der Waals surface area (Å²) in [4.78, 5) is 17.8. The van der Waals surface area contributed by atoms with Crippen LogP contribution >= 0.6 is 24.0 Å². The highest BCUT2D eigenvalue weighted by Crippen LogP contribution is 2.21. The number of rotatable bonds is 9. The number of aliphatic imine (C=N–C) groups is 1. The molecule has 1 amide bonds. The Balaban J connectivity index is 0.00000420. The molecule has 1 saturated heterocycles. The Bertz CT molecular complexity index is 784. The molecule has 1 aromatic carbocycles. The second kappa shape index (κ2) is 12.3. The van der Waals surface area contributed by atoms with E-state index >= 15 is 0 Å². The van der Waals surface area contributed by atoms with Gasteiger partial charge in [-0.15, -0.1) is 24.0 Å². The Morgan fingerprint density at radius 3 is 2.48 bits per heavy atom. The number of carbonyl (C=O) groups is 1. The van der Waals surface area contributed by atoms with Crippen LogP contribution < -0.4 is 15.5 Å². The van der Waals surface area contributed by atoms with Crippen molar-refractivity contribution >= 4 is 51.6 Å². The number of hydrogen-bond donors (Lipinski definition) is 2. The molecule has 164 valence electrons. The third-order valence-corrected chi connectivity index (χ3v) is 6.65. The molecule has 0 atom stereocenters. The third-order valence-electron chi connectivity index (χ3n) is 4.79. The van der Waals surface area contributed by atoms with Gasteiger partial charge in [0.2, 0.25) is 15.9 Å². The second-order valence-corrected chi connectivity index (χ2v) is 9.11. The minimum absolute atomic E-state index is 0. The van der Waals surface area contributed by atoms with Crippen molar-refractivity contribution < 1.29 is 13.2 Å². The molecule has 0 aliphatic carbocycles. The maximum Gasteiger partial charge on any atom is 0.227 e. The summed E-state index contributed by atoms with van der Waals surface area (Å²) in [5, 5.41) is 6.43. The Morgan fingerprint density at radius 2 is 1.93 bits per heavy atom. The van der Waals surface area contributed by atoms with Gasteiger partial charge < -0.3 is 15.5 Å². The molecule has 2 rings (SSSR count). The molecule has 8 nitrogen and oxygen atoms in total. The molecule has 1 aliphatic heterocycles. The molecule has 0 bridgehead atoms. The molecular weight excluding hydrogens is 505 g/mol. The first-order chi connectivity index (χ1) is 13.4. The minimum Gasteiger partial charge on any atom is -0.356 e. The van der Waals surface area contributed by atoms with Crippen molar-refractivity contribution in [2.45, 2.75) is 32.7 Å². The summed E-state index contributed by atoms with van der Waals surface area (Å²) >= 11 is 0. The number of nitrogens with zero attached hydrogens (tertiary/aromatic N) is 3. The normalized spacial score (nSPS) is 14.8. The fourth-order valence-corrected chi connectivity index (χ4v) is 3.84. The number of halogens is 1. The van der Waals surface area contributed by atoms with Gasteiger partial charge in [-0.25, -0.2) is 12.7 Å². The molecule has 0 aromatic heterocycles. The maximum atomic E-state index is 11.8. The second-order valence-electron chi connectivity index (χ2n) is 6.74. The lowest BCUT2D eigenvalue weighted by atomic mass is 10.2. The zero-order valence-corrected chi connectivity index (χ0v) is 20.5. The van der Waals surface area contributed by atoms with Gasteiger partial charge in [0, 0.05) is 52.4 Å². The maximum absolute atomic E-state index is 11.8. The van der Waals surface area contributed by atoms with Crippen LogP contribution in [0, 0.1) is 0 Å². The molecule has 1 aliphatic rings. The van der Waals surface area contributed by atoms with E-state index in [1.165, 1.54) is 4.31 Å². The SMILES string of the molecule is CCS(=O)(=O)N(C)CCCNC(=NC)NCc1ccc(N2CCCC2=O)cc1.I. The highest BCUT2D eigenvalue weighted by molar-refractivity contribution is 14.0. The summed E-state index contributed by atoms with van der Waals surface area (Å²) in [6.45, 7) is 4.14. The van der Waals surface area contributed by atoms with Crippen LogP contribution in [0.1, 0.15) is 31.7 Å². The number of guanidine groups is 1. The van der Waals surface area contributed by atoms with Crippen molar-refractivity contribution in [1.82, 2.24) is 14.9 Å². The Labute approximate surface area is 191 Å². The van der Waals surface area contributed by atoms with Gasteiger partial charge in [0.15, 0.2) is 5.96 Å². The van der Waals surface area contributed by atoms with Crippen molar-refractivity contribution in [2.75, 3.05) is 44.4 Å². The van der Waals surface area contributed by atoms with Gasteiger partial charge in [-0.1, -0.05) is 12.1 Å². The quantitative estimate of drug-likeness (QED) is 0.217. The average Bonchev–Trinajstić information content (AvgIpc) is 3.13. The standard InChI is InChI=1S/C19H31N5O3S.HI/c1-4-28(26,27)23(3)13-6-12-21-19(20-2)22-15-16-8-10-17(11-9-16)24-14-5-7-18(24)25;/h8-11H,4-7,12-15H2,1-3H3,(H2,20,21,22);1H. The number of nitrogens with one attached hydrogen (secondary N) is 2. The summed E-state index contributed by atoms with van der Waals surface area (Å²) in [7, 11) is 0.173. The summed E-state index contributed by atoms with van der Waals surface area (Å²) in [6, 6.07) is 7.96. The number of benzene rings is 1. The molecule has 2 N–H and O–H groups in total. The van der Waals surface area contributed by atoms with Gasteiger partial charge in [-0.2, -0.15) is 0 Å². The highest BCUT2D eigenvalue weighted by Gasteiger charge is 2.21. The Morgan fingerprint density at radius 1 is 1.24 bits per heavy atom. The summed E-state index contributed by atoms with van der Waals surface area (Å²) in [5.74, 6) is 0.970. The van der Waals surface area contributed by atoms with E-state index in [0.717, 1.165) is 24.2 Å². The van der Waals surface area contributed by atoms with Crippen molar-refractivity contribution in [3.05, 3.63) is 29.8 Å². The molecule has 0 unspecified atom stereocenters. The molecule has 0 saturated carbocycles. The third kappa shape index (κ3) is 7.74. The van der Waals surface area contributed by atoms with E-state index in [2.05, 4.69) is 15.6 Å². The van der Waals surface area contributed by atoms with E-state index in [0.29, 0.717) is 38.4 Å². The summed E-state index contributed by atoms with van der Waals surface area (Å²) < 4.78 is 24.8. The van der Waals surface area contributed by atoms with Crippen LogP contribution in [-0.2, 0) is 21.4 Å². The van der Waals surface area contributed by atoms with Gasteiger partial charge in [-0.3, -0.25) is 9.79 Å². The van der Waals surface area contributed by atoms with Crippen LogP contribution in [0.4, 0.5) is 5.69 Å².